The number of rotatable bonds is 8. The van der Waals surface area contributed by atoms with Gasteiger partial charge in [-0.05, 0) is 43.2 Å². The van der Waals surface area contributed by atoms with E-state index in [1.165, 1.54) is 11.8 Å². The van der Waals surface area contributed by atoms with E-state index in [-0.39, 0.29) is 17.2 Å². The van der Waals surface area contributed by atoms with Crippen molar-refractivity contribution in [2.24, 2.45) is 0 Å². The minimum absolute atomic E-state index is 0.0992. The zero-order chi connectivity index (χ0) is 20.8. The van der Waals surface area contributed by atoms with Crippen LogP contribution in [0.4, 0.5) is 0 Å². The van der Waals surface area contributed by atoms with Crippen molar-refractivity contribution in [3.8, 4) is 5.75 Å². The number of carbonyl (C=O) groups excluding carboxylic acids is 1. The molecule has 1 heterocycles. The van der Waals surface area contributed by atoms with Gasteiger partial charge in [-0.3, -0.25) is 14.2 Å². The standard InChI is InChI=1S/C21H22BrN3O3S/c1-3-25-20(27)16-12-15(22)8-9-17(16)24-21(25)29-13-19(26)23-11-10-14-6-4-5-7-18(14)28-2/h4-9,12H,3,10-11,13H2,1-2H3,(H,23,26). The van der Waals surface area contributed by atoms with Crippen molar-refractivity contribution >= 4 is 44.5 Å². The number of para-hydroxylation sites is 1. The van der Waals surface area contributed by atoms with Gasteiger partial charge in [0.15, 0.2) is 5.16 Å². The maximum atomic E-state index is 12.7. The fourth-order valence-corrected chi connectivity index (χ4v) is 4.24. The molecule has 8 heteroatoms. The topological polar surface area (TPSA) is 73.2 Å². The lowest BCUT2D eigenvalue weighted by atomic mass is 10.1. The number of thioether (sulfide) groups is 1. The summed E-state index contributed by atoms with van der Waals surface area (Å²) in [6, 6.07) is 13.2. The monoisotopic (exact) mass is 475 g/mol. The molecule has 6 nitrogen and oxygen atoms in total. The van der Waals surface area contributed by atoms with Crippen molar-refractivity contribution in [3.63, 3.8) is 0 Å². The quantitative estimate of drug-likeness (QED) is 0.397. The molecule has 0 aliphatic carbocycles. The number of amides is 1. The van der Waals surface area contributed by atoms with E-state index >= 15 is 0 Å². The normalized spacial score (nSPS) is 10.9. The molecule has 152 valence electrons. The van der Waals surface area contributed by atoms with Gasteiger partial charge in [-0.1, -0.05) is 45.9 Å². The predicted octanol–water partition coefficient (Wildman–Crippen LogP) is 3.64. The summed E-state index contributed by atoms with van der Waals surface area (Å²) in [7, 11) is 1.64. The molecule has 1 amide bonds. The number of carbonyl (C=O) groups is 1. The van der Waals surface area contributed by atoms with Crippen LogP contribution in [0.25, 0.3) is 10.9 Å². The number of benzene rings is 2. The van der Waals surface area contributed by atoms with E-state index in [0.29, 0.717) is 35.6 Å². The van der Waals surface area contributed by atoms with Crippen molar-refractivity contribution in [1.82, 2.24) is 14.9 Å². The first-order chi connectivity index (χ1) is 14.0. The first-order valence-corrected chi connectivity index (χ1v) is 11.0. The largest absolute Gasteiger partial charge is 0.496 e. The first kappa shape index (κ1) is 21.4. The van der Waals surface area contributed by atoms with Gasteiger partial charge in [0.1, 0.15) is 5.75 Å². The Morgan fingerprint density at radius 1 is 1.28 bits per heavy atom. The fourth-order valence-electron chi connectivity index (χ4n) is 2.99. The van der Waals surface area contributed by atoms with Crippen LogP contribution in [0.3, 0.4) is 0 Å². The molecule has 29 heavy (non-hydrogen) atoms. The Labute approximate surface area is 181 Å². The zero-order valence-electron chi connectivity index (χ0n) is 16.3. The van der Waals surface area contributed by atoms with Gasteiger partial charge in [-0.15, -0.1) is 0 Å². The van der Waals surface area contributed by atoms with Crippen LogP contribution in [0.15, 0.2) is 56.9 Å². The minimum atomic E-state index is -0.0993. The molecule has 1 aromatic heterocycles. The molecular weight excluding hydrogens is 454 g/mol. The number of methoxy groups -OCH3 is 1. The predicted molar refractivity (Wildman–Crippen MR) is 120 cm³/mol. The molecule has 0 spiro atoms. The Morgan fingerprint density at radius 3 is 2.83 bits per heavy atom. The van der Waals surface area contributed by atoms with Gasteiger partial charge in [-0.2, -0.15) is 0 Å². The number of fused-ring (bicyclic) bond motifs is 1. The van der Waals surface area contributed by atoms with Gasteiger partial charge < -0.3 is 10.1 Å². The van der Waals surface area contributed by atoms with Crippen LogP contribution >= 0.6 is 27.7 Å². The molecular formula is C21H22BrN3O3S. The number of nitrogens with one attached hydrogen (secondary N) is 1. The number of hydrogen-bond donors (Lipinski definition) is 1. The van der Waals surface area contributed by atoms with E-state index in [4.69, 9.17) is 4.74 Å². The second-order valence-corrected chi connectivity index (χ2v) is 8.16. The lowest BCUT2D eigenvalue weighted by Crippen LogP contribution is -2.28. The van der Waals surface area contributed by atoms with Gasteiger partial charge in [0.05, 0.1) is 23.8 Å². The lowest BCUT2D eigenvalue weighted by Gasteiger charge is -2.12. The van der Waals surface area contributed by atoms with Gasteiger partial charge in [0, 0.05) is 17.6 Å². The fraction of sp³-hybridized carbons (Fsp3) is 0.286. The lowest BCUT2D eigenvalue weighted by molar-refractivity contribution is -0.118. The first-order valence-electron chi connectivity index (χ1n) is 9.25. The van der Waals surface area contributed by atoms with E-state index in [1.807, 2.05) is 37.3 Å². The van der Waals surface area contributed by atoms with Crippen LogP contribution in [0.1, 0.15) is 12.5 Å². The van der Waals surface area contributed by atoms with E-state index < -0.39 is 0 Å². The number of halogens is 1. The molecule has 0 aliphatic heterocycles. The summed E-state index contributed by atoms with van der Waals surface area (Å²) in [6.07, 6.45) is 0.684. The number of ether oxygens (including phenoxy) is 1. The maximum absolute atomic E-state index is 12.7. The summed E-state index contributed by atoms with van der Waals surface area (Å²) in [4.78, 5) is 29.6. The Hall–Kier alpha value is -2.32. The number of aromatic nitrogens is 2. The summed E-state index contributed by atoms with van der Waals surface area (Å²) < 4.78 is 7.76. The Bertz CT molecular complexity index is 1080. The Morgan fingerprint density at radius 2 is 2.07 bits per heavy atom. The zero-order valence-corrected chi connectivity index (χ0v) is 18.7. The molecule has 0 atom stereocenters. The molecule has 0 saturated heterocycles. The summed E-state index contributed by atoms with van der Waals surface area (Å²) in [5, 5.41) is 4.02. The number of nitrogens with zero attached hydrogens (tertiary/aromatic N) is 2. The summed E-state index contributed by atoms with van der Waals surface area (Å²) in [5.41, 5.74) is 1.57. The highest BCUT2D eigenvalue weighted by Gasteiger charge is 2.13. The second-order valence-electron chi connectivity index (χ2n) is 6.31. The molecule has 0 saturated carbocycles. The molecule has 0 aliphatic rings. The van der Waals surface area contributed by atoms with Crippen LogP contribution in [0, 0.1) is 0 Å². The van der Waals surface area contributed by atoms with Crippen LogP contribution < -0.4 is 15.6 Å². The Balaban J connectivity index is 1.63. The SMILES string of the molecule is CCn1c(SCC(=O)NCCc2ccccc2OC)nc2ccc(Br)cc2c1=O. The van der Waals surface area contributed by atoms with Gasteiger partial charge >= 0.3 is 0 Å². The third kappa shape index (κ3) is 5.19. The van der Waals surface area contributed by atoms with E-state index in [9.17, 15) is 9.59 Å². The molecule has 1 N–H and O–H groups in total. The van der Waals surface area contributed by atoms with Crippen molar-refractivity contribution in [3.05, 3.63) is 62.9 Å². The van der Waals surface area contributed by atoms with Crippen LogP contribution in [-0.4, -0.2) is 34.9 Å². The molecule has 0 unspecified atom stereocenters. The van der Waals surface area contributed by atoms with Gasteiger partial charge in [0.25, 0.3) is 5.56 Å². The van der Waals surface area contributed by atoms with Crippen molar-refractivity contribution in [2.45, 2.75) is 25.0 Å². The summed E-state index contributed by atoms with van der Waals surface area (Å²) >= 11 is 4.66. The maximum Gasteiger partial charge on any atom is 0.262 e. The summed E-state index contributed by atoms with van der Waals surface area (Å²) in [5.74, 6) is 0.910. The molecule has 3 aromatic rings. The van der Waals surface area contributed by atoms with Crippen molar-refractivity contribution in [2.75, 3.05) is 19.4 Å². The average Bonchev–Trinajstić information content (AvgIpc) is 2.73. The molecule has 0 bridgehead atoms. The van der Waals surface area contributed by atoms with Gasteiger partial charge in [0.2, 0.25) is 5.91 Å². The van der Waals surface area contributed by atoms with E-state index in [1.54, 1.807) is 23.8 Å². The minimum Gasteiger partial charge on any atom is -0.496 e. The number of hydrogen-bond acceptors (Lipinski definition) is 5. The van der Waals surface area contributed by atoms with E-state index in [0.717, 1.165) is 15.8 Å². The van der Waals surface area contributed by atoms with Crippen LogP contribution in [0.5, 0.6) is 5.75 Å². The molecule has 2 aromatic carbocycles. The molecule has 3 rings (SSSR count). The summed E-state index contributed by atoms with van der Waals surface area (Å²) in [6.45, 7) is 2.90. The average molecular weight is 476 g/mol. The van der Waals surface area contributed by atoms with E-state index in [2.05, 4.69) is 26.2 Å². The highest BCUT2D eigenvalue weighted by Crippen LogP contribution is 2.21. The third-order valence-corrected chi connectivity index (χ3v) is 5.91. The van der Waals surface area contributed by atoms with Crippen LogP contribution in [-0.2, 0) is 17.8 Å². The highest BCUT2D eigenvalue weighted by molar-refractivity contribution is 9.10. The van der Waals surface area contributed by atoms with Crippen molar-refractivity contribution in [1.29, 1.82) is 0 Å². The molecule has 0 fully saturated rings. The van der Waals surface area contributed by atoms with Crippen molar-refractivity contribution < 1.29 is 9.53 Å². The van der Waals surface area contributed by atoms with Crippen LogP contribution in [0.2, 0.25) is 0 Å². The smallest absolute Gasteiger partial charge is 0.262 e. The van der Waals surface area contributed by atoms with Gasteiger partial charge in [-0.25, -0.2) is 4.98 Å². The third-order valence-electron chi connectivity index (χ3n) is 4.44. The highest BCUT2D eigenvalue weighted by atomic mass is 79.9. The second kappa shape index (κ2) is 9.93. The molecule has 0 radical (unpaired) electrons. The Kier molecular flexibility index (Phi) is 7.33.